The predicted molar refractivity (Wildman–Crippen MR) is 90.6 cm³/mol. The lowest BCUT2D eigenvalue weighted by atomic mass is 10.1. The fourth-order valence-corrected chi connectivity index (χ4v) is 3.68. The number of halogens is 1. The maximum absolute atomic E-state index is 12.8. The summed E-state index contributed by atoms with van der Waals surface area (Å²) in [6, 6.07) is 7.44. The largest absolute Gasteiger partial charge is 0.338 e. The summed E-state index contributed by atoms with van der Waals surface area (Å²) in [5.74, 6) is -0.113. The molecule has 0 radical (unpaired) electrons. The van der Waals surface area contributed by atoms with E-state index in [-0.39, 0.29) is 23.8 Å². The lowest BCUT2D eigenvalue weighted by molar-refractivity contribution is -0.136. The van der Waals surface area contributed by atoms with Gasteiger partial charge in [0.15, 0.2) is 0 Å². The molecule has 0 spiro atoms. The molecule has 0 bridgehead atoms. The molecule has 1 aromatic rings. The number of rotatable bonds is 4. The second-order valence-electron chi connectivity index (χ2n) is 6.27. The van der Waals surface area contributed by atoms with Gasteiger partial charge in [-0.3, -0.25) is 9.59 Å². The van der Waals surface area contributed by atoms with Crippen LogP contribution in [0.25, 0.3) is 0 Å². The van der Waals surface area contributed by atoms with Gasteiger partial charge in [0.2, 0.25) is 11.8 Å². The van der Waals surface area contributed by atoms with Crippen molar-refractivity contribution in [2.45, 2.75) is 25.3 Å². The fraction of sp³-hybridized carbons (Fsp3) is 0.529. The minimum absolute atomic E-state index is 0.00929. The van der Waals surface area contributed by atoms with Crippen LogP contribution in [0.1, 0.15) is 19.3 Å². The Kier molecular flexibility index (Phi) is 4.87. The highest BCUT2D eigenvalue weighted by Gasteiger charge is 2.39. The summed E-state index contributed by atoms with van der Waals surface area (Å²) in [5.41, 5.74) is 0.808. The van der Waals surface area contributed by atoms with E-state index in [1.165, 1.54) is 0 Å². The summed E-state index contributed by atoms with van der Waals surface area (Å²) in [5, 5.41) is 3.79. The zero-order valence-corrected chi connectivity index (χ0v) is 14.1. The van der Waals surface area contributed by atoms with Crippen LogP contribution in [0.15, 0.2) is 24.3 Å². The first kappa shape index (κ1) is 16.3. The summed E-state index contributed by atoms with van der Waals surface area (Å²) in [7, 11) is 1.91. The Morgan fingerprint density at radius 3 is 2.78 bits per heavy atom. The normalized spacial score (nSPS) is 24.5. The van der Waals surface area contributed by atoms with E-state index in [9.17, 15) is 9.59 Å². The number of likely N-dealkylation sites (N-methyl/N-ethyl adjacent to an activating group) is 1. The van der Waals surface area contributed by atoms with Crippen LogP contribution in [-0.4, -0.2) is 49.4 Å². The topological polar surface area (TPSA) is 52.7 Å². The molecule has 0 saturated carbocycles. The van der Waals surface area contributed by atoms with Gasteiger partial charge in [0.05, 0.1) is 5.92 Å². The van der Waals surface area contributed by atoms with Gasteiger partial charge in [-0.15, -0.1) is 0 Å². The van der Waals surface area contributed by atoms with Crippen molar-refractivity contribution in [3.05, 3.63) is 29.3 Å². The molecule has 23 heavy (non-hydrogen) atoms. The molecule has 124 valence electrons. The van der Waals surface area contributed by atoms with Crippen molar-refractivity contribution in [1.82, 2.24) is 10.2 Å². The number of nitrogens with one attached hydrogen (secondary N) is 1. The van der Waals surface area contributed by atoms with Gasteiger partial charge < -0.3 is 15.1 Å². The standard InChI is InChI=1S/C17H22ClN3O2/c1-19-10-15-3-2-8-20(15)17(23)12-9-16(22)21(11-12)14-6-4-13(18)5-7-14/h4-7,12,15,19H,2-3,8-11H2,1H3. The Bertz CT molecular complexity index is 590. The molecule has 2 aliphatic rings. The highest BCUT2D eigenvalue weighted by atomic mass is 35.5. The number of carbonyl (C=O) groups is 2. The number of nitrogens with zero attached hydrogens (tertiary/aromatic N) is 2. The van der Waals surface area contributed by atoms with Gasteiger partial charge in [0, 0.05) is 42.8 Å². The molecule has 1 aromatic carbocycles. The lowest BCUT2D eigenvalue weighted by Crippen LogP contribution is -2.44. The van der Waals surface area contributed by atoms with E-state index in [1.807, 2.05) is 24.1 Å². The van der Waals surface area contributed by atoms with Crippen molar-refractivity contribution in [3.8, 4) is 0 Å². The minimum Gasteiger partial charge on any atom is -0.338 e. The first-order chi connectivity index (χ1) is 11.1. The van der Waals surface area contributed by atoms with E-state index in [2.05, 4.69) is 5.32 Å². The highest BCUT2D eigenvalue weighted by molar-refractivity contribution is 6.30. The van der Waals surface area contributed by atoms with Gasteiger partial charge in [0.25, 0.3) is 0 Å². The van der Waals surface area contributed by atoms with Gasteiger partial charge in [-0.05, 0) is 44.2 Å². The molecule has 0 aromatic heterocycles. The third-order valence-electron chi connectivity index (χ3n) is 4.71. The molecule has 2 aliphatic heterocycles. The van der Waals surface area contributed by atoms with Crippen molar-refractivity contribution in [2.75, 3.05) is 31.6 Å². The first-order valence-electron chi connectivity index (χ1n) is 8.11. The number of anilines is 1. The van der Waals surface area contributed by atoms with Crippen LogP contribution < -0.4 is 10.2 Å². The SMILES string of the molecule is CNCC1CCCN1C(=O)C1CC(=O)N(c2ccc(Cl)cc2)C1. The molecule has 0 aliphatic carbocycles. The summed E-state index contributed by atoms with van der Waals surface area (Å²) in [6.45, 7) is 2.08. The van der Waals surface area contributed by atoms with Crippen LogP contribution in [0.4, 0.5) is 5.69 Å². The molecule has 2 heterocycles. The Labute approximate surface area is 141 Å². The molecule has 5 nitrogen and oxygen atoms in total. The number of amides is 2. The van der Waals surface area contributed by atoms with Crippen molar-refractivity contribution in [3.63, 3.8) is 0 Å². The molecule has 2 amide bonds. The smallest absolute Gasteiger partial charge is 0.228 e. The number of benzene rings is 1. The summed E-state index contributed by atoms with van der Waals surface area (Å²) in [4.78, 5) is 28.8. The minimum atomic E-state index is -0.240. The number of hydrogen-bond donors (Lipinski definition) is 1. The maximum Gasteiger partial charge on any atom is 0.228 e. The molecule has 2 saturated heterocycles. The van der Waals surface area contributed by atoms with E-state index in [0.29, 0.717) is 18.0 Å². The predicted octanol–water partition coefficient (Wildman–Crippen LogP) is 1.90. The third-order valence-corrected chi connectivity index (χ3v) is 4.96. The average molecular weight is 336 g/mol. The van der Waals surface area contributed by atoms with Crippen LogP contribution in [0.3, 0.4) is 0 Å². The van der Waals surface area contributed by atoms with Crippen LogP contribution in [0, 0.1) is 5.92 Å². The number of hydrogen-bond acceptors (Lipinski definition) is 3. The lowest BCUT2D eigenvalue weighted by Gasteiger charge is -2.27. The van der Waals surface area contributed by atoms with Crippen LogP contribution >= 0.6 is 11.6 Å². The van der Waals surface area contributed by atoms with E-state index >= 15 is 0 Å². The number of likely N-dealkylation sites (tertiary alicyclic amines) is 1. The van der Waals surface area contributed by atoms with Gasteiger partial charge in [-0.25, -0.2) is 0 Å². The summed E-state index contributed by atoms with van der Waals surface area (Å²) in [6.07, 6.45) is 2.37. The molecule has 2 atom stereocenters. The zero-order chi connectivity index (χ0) is 16.4. The molecular weight excluding hydrogens is 314 g/mol. The van der Waals surface area contributed by atoms with Gasteiger partial charge in [-0.1, -0.05) is 11.6 Å². The zero-order valence-electron chi connectivity index (χ0n) is 13.3. The third kappa shape index (κ3) is 3.35. The van der Waals surface area contributed by atoms with E-state index < -0.39 is 0 Å². The van der Waals surface area contributed by atoms with Crippen LogP contribution in [0.2, 0.25) is 5.02 Å². The molecule has 2 unspecified atom stereocenters. The van der Waals surface area contributed by atoms with Crippen molar-refractivity contribution in [2.24, 2.45) is 5.92 Å². The second-order valence-corrected chi connectivity index (χ2v) is 6.70. The van der Waals surface area contributed by atoms with Crippen molar-refractivity contribution < 1.29 is 9.59 Å². The molecule has 6 heteroatoms. The molecule has 1 N–H and O–H groups in total. The Balaban J connectivity index is 1.69. The van der Waals surface area contributed by atoms with E-state index in [4.69, 9.17) is 11.6 Å². The highest BCUT2D eigenvalue weighted by Crippen LogP contribution is 2.29. The molecule has 2 fully saturated rings. The van der Waals surface area contributed by atoms with Crippen LogP contribution in [0.5, 0.6) is 0 Å². The first-order valence-corrected chi connectivity index (χ1v) is 8.49. The summed E-state index contributed by atoms with van der Waals surface area (Å²) < 4.78 is 0. The number of carbonyl (C=O) groups excluding carboxylic acids is 2. The summed E-state index contributed by atoms with van der Waals surface area (Å²) >= 11 is 5.90. The van der Waals surface area contributed by atoms with Crippen LogP contribution in [-0.2, 0) is 9.59 Å². The Hall–Kier alpha value is -1.59. The Morgan fingerprint density at radius 2 is 2.09 bits per heavy atom. The van der Waals surface area contributed by atoms with Gasteiger partial charge in [-0.2, -0.15) is 0 Å². The van der Waals surface area contributed by atoms with Gasteiger partial charge in [0.1, 0.15) is 0 Å². The Morgan fingerprint density at radius 1 is 1.35 bits per heavy atom. The fourth-order valence-electron chi connectivity index (χ4n) is 3.55. The maximum atomic E-state index is 12.8. The van der Waals surface area contributed by atoms with Gasteiger partial charge >= 0.3 is 0 Å². The quantitative estimate of drug-likeness (QED) is 0.914. The van der Waals surface area contributed by atoms with Crippen molar-refractivity contribution >= 4 is 29.1 Å². The second kappa shape index (κ2) is 6.89. The van der Waals surface area contributed by atoms with Crippen molar-refractivity contribution in [1.29, 1.82) is 0 Å². The molecule has 3 rings (SSSR count). The van der Waals surface area contributed by atoms with E-state index in [1.54, 1.807) is 17.0 Å². The monoisotopic (exact) mass is 335 g/mol. The molecular formula is C17H22ClN3O2. The average Bonchev–Trinajstić information content (AvgIpc) is 3.15. The van der Waals surface area contributed by atoms with E-state index in [0.717, 1.165) is 31.6 Å².